The highest BCUT2D eigenvalue weighted by atomic mass is 16.3. The number of carbonyl (C=O) groups excluding carboxylic acids is 2. The molecule has 1 N–H and O–H groups in total. The molecule has 1 saturated heterocycles. The molecule has 2 amide bonds. The highest BCUT2D eigenvalue weighted by Gasteiger charge is 2.24. The van der Waals surface area contributed by atoms with Crippen LogP contribution in [0.15, 0.2) is 59.5 Å². The first kappa shape index (κ1) is 18.7. The molecule has 0 spiro atoms. The zero-order valence-electron chi connectivity index (χ0n) is 16.0. The van der Waals surface area contributed by atoms with Crippen LogP contribution in [0.3, 0.4) is 0 Å². The van der Waals surface area contributed by atoms with E-state index in [1.54, 1.807) is 23.2 Å². The third kappa shape index (κ3) is 4.26. The number of piperazine rings is 1. The quantitative estimate of drug-likeness (QED) is 0.735. The van der Waals surface area contributed by atoms with Crippen LogP contribution in [0.1, 0.15) is 26.6 Å². The van der Waals surface area contributed by atoms with E-state index in [-0.39, 0.29) is 17.5 Å². The molecule has 0 saturated carbocycles. The second-order valence-electron chi connectivity index (χ2n) is 6.84. The van der Waals surface area contributed by atoms with Gasteiger partial charge in [-0.2, -0.15) is 0 Å². The number of hydrogen-bond donors (Lipinski definition) is 1. The third-order valence-electron chi connectivity index (χ3n) is 4.77. The van der Waals surface area contributed by atoms with Crippen LogP contribution in [0.2, 0.25) is 0 Å². The van der Waals surface area contributed by atoms with Gasteiger partial charge in [0.05, 0.1) is 18.7 Å². The number of amides is 2. The molecule has 3 aromatic rings. The van der Waals surface area contributed by atoms with Gasteiger partial charge in [0.1, 0.15) is 11.5 Å². The Balaban J connectivity index is 1.35. The minimum absolute atomic E-state index is 0.107. The van der Waals surface area contributed by atoms with Crippen molar-refractivity contribution < 1.29 is 14.0 Å². The van der Waals surface area contributed by atoms with E-state index in [2.05, 4.69) is 15.3 Å². The molecule has 4 rings (SSSR count). The van der Waals surface area contributed by atoms with Gasteiger partial charge in [-0.3, -0.25) is 9.59 Å². The topological polar surface area (TPSA) is 91.6 Å². The fourth-order valence-electron chi connectivity index (χ4n) is 3.21. The van der Waals surface area contributed by atoms with E-state index in [9.17, 15) is 9.59 Å². The van der Waals surface area contributed by atoms with Crippen LogP contribution in [0.4, 0.5) is 11.5 Å². The highest BCUT2D eigenvalue weighted by molar-refractivity contribution is 6.02. The molecule has 0 radical (unpaired) electrons. The van der Waals surface area contributed by atoms with Crippen molar-refractivity contribution in [3.63, 3.8) is 0 Å². The molecule has 0 aliphatic carbocycles. The van der Waals surface area contributed by atoms with E-state index in [1.165, 1.54) is 12.5 Å². The molecule has 148 valence electrons. The zero-order chi connectivity index (χ0) is 20.2. The molecule has 1 aliphatic rings. The molecule has 8 heteroatoms. The van der Waals surface area contributed by atoms with Crippen LogP contribution in [0, 0.1) is 6.92 Å². The number of nitrogens with zero attached hydrogens (tertiary/aromatic N) is 4. The maximum atomic E-state index is 12.4. The van der Waals surface area contributed by atoms with Crippen LogP contribution in [-0.2, 0) is 0 Å². The fraction of sp³-hybridized carbons (Fsp3) is 0.238. The third-order valence-corrected chi connectivity index (χ3v) is 4.77. The average molecular weight is 391 g/mol. The van der Waals surface area contributed by atoms with Crippen LogP contribution in [-0.4, -0.2) is 52.9 Å². The number of aryl methyl sites for hydroxylation is 1. The summed E-state index contributed by atoms with van der Waals surface area (Å²) >= 11 is 0. The summed E-state index contributed by atoms with van der Waals surface area (Å²) in [6.45, 7) is 4.37. The molecule has 2 aromatic heterocycles. The van der Waals surface area contributed by atoms with E-state index < -0.39 is 0 Å². The molecule has 0 atom stereocenters. The predicted octanol–water partition coefficient (Wildman–Crippen LogP) is 2.59. The van der Waals surface area contributed by atoms with Crippen LogP contribution < -0.4 is 10.2 Å². The van der Waals surface area contributed by atoms with Gasteiger partial charge in [-0.25, -0.2) is 9.97 Å². The molecule has 0 unspecified atom stereocenters. The lowest BCUT2D eigenvalue weighted by molar-refractivity contribution is 0.0714. The maximum Gasteiger partial charge on any atom is 0.289 e. The first-order chi connectivity index (χ1) is 14.1. The van der Waals surface area contributed by atoms with Gasteiger partial charge < -0.3 is 19.5 Å². The van der Waals surface area contributed by atoms with E-state index in [0.717, 1.165) is 11.3 Å². The molecule has 1 aromatic carbocycles. The Labute approximate surface area is 168 Å². The average Bonchev–Trinajstić information content (AvgIpc) is 3.28. The molecule has 1 aliphatic heterocycles. The minimum Gasteiger partial charge on any atom is -0.459 e. The van der Waals surface area contributed by atoms with Crippen LogP contribution in [0.5, 0.6) is 0 Å². The number of furan rings is 1. The largest absolute Gasteiger partial charge is 0.459 e. The lowest BCUT2D eigenvalue weighted by Gasteiger charge is -2.34. The van der Waals surface area contributed by atoms with Crippen molar-refractivity contribution in [3.8, 4) is 0 Å². The number of nitrogens with one attached hydrogen (secondary N) is 1. The number of aromatic nitrogens is 2. The molecule has 8 nitrogen and oxygen atoms in total. The Bertz CT molecular complexity index is 993. The number of anilines is 2. The van der Waals surface area contributed by atoms with E-state index in [1.807, 2.05) is 36.1 Å². The first-order valence-electron chi connectivity index (χ1n) is 9.38. The summed E-state index contributed by atoms with van der Waals surface area (Å²) in [6, 6.07) is 10.9. The van der Waals surface area contributed by atoms with Gasteiger partial charge in [-0.1, -0.05) is 12.1 Å². The van der Waals surface area contributed by atoms with Gasteiger partial charge in [-0.05, 0) is 36.8 Å². The summed E-state index contributed by atoms with van der Waals surface area (Å²) < 4.78 is 5.18. The van der Waals surface area contributed by atoms with Gasteiger partial charge in [0.2, 0.25) is 0 Å². The predicted molar refractivity (Wildman–Crippen MR) is 108 cm³/mol. The van der Waals surface area contributed by atoms with Crippen molar-refractivity contribution in [2.24, 2.45) is 0 Å². The Morgan fingerprint density at radius 1 is 1.03 bits per heavy atom. The van der Waals surface area contributed by atoms with Crippen molar-refractivity contribution in [2.75, 3.05) is 36.4 Å². The zero-order valence-corrected chi connectivity index (χ0v) is 16.0. The Hall–Kier alpha value is -3.68. The Morgan fingerprint density at radius 2 is 1.86 bits per heavy atom. The van der Waals surface area contributed by atoms with Crippen molar-refractivity contribution in [3.05, 3.63) is 72.1 Å². The molecular formula is C21H21N5O3. The lowest BCUT2D eigenvalue weighted by Crippen LogP contribution is -2.49. The van der Waals surface area contributed by atoms with Crippen LogP contribution >= 0.6 is 0 Å². The van der Waals surface area contributed by atoms with E-state index in [4.69, 9.17) is 4.42 Å². The number of carbonyl (C=O) groups is 2. The summed E-state index contributed by atoms with van der Waals surface area (Å²) in [5, 5.41) is 2.82. The summed E-state index contributed by atoms with van der Waals surface area (Å²) in [5.74, 6) is 0.622. The lowest BCUT2D eigenvalue weighted by atomic mass is 10.2. The summed E-state index contributed by atoms with van der Waals surface area (Å²) in [7, 11) is 0. The molecule has 0 bridgehead atoms. The Morgan fingerprint density at radius 3 is 2.52 bits per heavy atom. The van der Waals surface area contributed by atoms with Crippen molar-refractivity contribution in [1.29, 1.82) is 0 Å². The van der Waals surface area contributed by atoms with Gasteiger partial charge in [0.15, 0.2) is 5.76 Å². The monoisotopic (exact) mass is 391 g/mol. The first-order valence-corrected chi connectivity index (χ1v) is 9.38. The summed E-state index contributed by atoms with van der Waals surface area (Å²) in [5.41, 5.74) is 2.04. The molecular weight excluding hydrogens is 370 g/mol. The fourth-order valence-corrected chi connectivity index (χ4v) is 3.21. The second-order valence-corrected chi connectivity index (χ2v) is 6.84. The summed E-state index contributed by atoms with van der Waals surface area (Å²) in [6.07, 6.45) is 4.56. The Kier molecular flexibility index (Phi) is 5.24. The minimum atomic E-state index is -0.302. The van der Waals surface area contributed by atoms with Crippen molar-refractivity contribution in [2.45, 2.75) is 6.92 Å². The van der Waals surface area contributed by atoms with Crippen LogP contribution in [0.25, 0.3) is 0 Å². The number of hydrogen-bond acceptors (Lipinski definition) is 6. The van der Waals surface area contributed by atoms with Gasteiger partial charge >= 0.3 is 0 Å². The highest BCUT2D eigenvalue weighted by Crippen LogP contribution is 2.16. The molecule has 3 heterocycles. The van der Waals surface area contributed by atoms with Crippen molar-refractivity contribution >= 4 is 23.3 Å². The smallest absolute Gasteiger partial charge is 0.289 e. The SMILES string of the molecule is Cc1cccc(NC(=O)c2cnc(N3CCN(C(=O)c4ccco4)CC3)cn2)c1. The van der Waals surface area contributed by atoms with Crippen molar-refractivity contribution in [1.82, 2.24) is 14.9 Å². The van der Waals surface area contributed by atoms with Gasteiger partial charge in [0.25, 0.3) is 11.8 Å². The normalized spacial score (nSPS) is 14.0. The molecule has 29 heavy (non-hydrogen) atoms. The van der Waals surface area contributed by atoms with E-state index in [0.29, 0.717) is 37.8 Å². The number of benzene rings is 1. The summed E-state index contributed by atoms with van der Waals surface area (Å²) in [4.78, 5) is 37.1. The molecule has 1 fully saturated rings. The van der Waals surface area contributed by atoms with Gasteiger partial charge in [0, 0.05) is 31.9 Å². The van der Waals surface area contributed by atoms with Gasteiger partial charge in [-0.15, -0.1) is 0 Å². The number of rotatable bonds is 4. The maximum absolute atomic E-state index is 12.4. The standard InChI is InChI=1S/C21H21N5O3/c1-15-4-2-5-16(12-15)24-20(27)17-13-23-19(14-22-17)25-7-9-26(10-8-25)21(28)18-6-3-11-29-18/h2-6,11-14H,7-10H2,1H3,(H,24,27). The second kappa shape index (κ2) is 8.14. The van der Waals surface area contributed by atoms with E-state index >= 15 is 0 Å².